The maximum Gasteiger partial charge on any atom is 0.508 e. The van der Waals surface area contributed by atoms with Gasteiger partial charge in [0.15, 0.2) is 0 Å². The van der Waals surface area contributed by atoms with Crippen molar-refractivity contribution >= 4 is 12.1 Å². The molecule has 1 rings (SSSR count). The van der Waals surface area contributed by atoms with Crippen LogP contribution in [0.5, 0.6) is 0 Å². The molecule has 0 aromatic rings. The van der Waals surface area contributed by atoms with Crippen LogP contribution in [0.2, 0.25) is 0 Å². The van der Waals surface area contributed by atoms with Crippen molar-refractivity contribution < 1.29 is 23.8 Å². The highest BCUT2D eigenvalue weighted by Crippen LogP contribution is 2.09. The molecule has 1 aliphatic heterocycles. The van der Waals surface area contributed by atoms with E-state index >= 15 is 0 Å². The van der Waals surface area contributed by atoms with Gasteiger partial charge in [-0.1, -0.05) is 6.58 Å². The number of hydrogen-bond donors (Lipinski definition) is 0. The van der Waals surface area contributed by atoms with E-state index in [-0.39, 0.29) is 19.3 Å². The third-order valence-electron chi connectivity index (χ3n) is 1.67. The Kier molecular flexibility index (Phi) is 3.50. The lowest BCUT2D eigenvalue weighted by Crippen LogP contribution is -2.15. The molecule has 0 aliphatic carbocycles. The molecular weight excluding hydrogens is 188 g/mol. The van der Waals surface area contributed by atoms with Gasteiger partial charge in [-0.15, -0.1) is 0 Å². The molecule has 0 saturated carbocycles. The number of ether oxygens (including phenoxy) is 3. The Morgan fingerprint density at radius 1 is 1.71 bits per heavy atom. The molecule has 5 heteroatoms. The summed E-state index contributed by atoms with van der Waals surface area (Å²) in [6.07, 6.45) is -0.522. The molecular formula is C9H12O5. The zero-order valence-corrected chi connectivity index (χ0v) is 7.95. The van der Waals surface area contributed by atoms with Gasteiger partial charge in [0.2, 0.25) is 0 Å². The first-order valence-corrected chi connectivity index (χ1v) is 4.25. The minimum atomic E-state index is -0.666. The predicted octanol–water partition coefficient (Wildman–Crippen LogP) is 1.03. The smallest absolute Gasteiger partial charge is 0.462 e. The maximum atomic E-state index is 10.9. The van der Waals surface area contributed by atoms with E-state index in [4.69, 9.17) is 9.47 Å². The molecule has 0 radical (unpaired) electrons. The van der Waals surface area contributed by atoms with Crippen LogP contribution < -0.4 is 0 Å². The second-order valence-electron chi connectivity index (χ2n) is 3.01. The van der Waals surface area contributed by atoms with E-state index in [1.165, 1.54) is 0 Å². The van der Waals surface area contributed by atoms with E-state index < -0.39 is 12.1 Å². The van der Waals surface area contributed by atoms with Gasteiger partial charge >= 0.3 is 12.1 Å². The van der Waals surface area contributed by atoms with Gasteiger partial charge in [-0.3, -0.25) is 0 Å². The highest BCUT2D eigenvalue weighted by Gasteiger charge is 2.24. The second kappa shape index (κ2) is 4.64. The fourth-order valence-corrected chi connectivity index (χ4v) is 0.914. The number of cyclic esters (lactones) is 2. The first-order valence-electron chi connectivity index (χ1n) is 4.25. The molecule has 0 spiro atoms. The molecule has 0 aromatic heterocycles. The highest BCUT2D eigenvalue weighted by molar-refractivity contribution is 5.86. The van der Waals surface area contributed by atoms with Gasteiger partial charge in [0.05, 0.1) is 6.61 Å². The molecule has 1 atom stereocenters. The zero-order valence-electron chi connectivity index (χ0n) is 7.95. The molecule has 0 amide bonds. The molecule has 1 heterocycles. The molecule has 0 aromatic carbocycles. The molecule has 0 N–H and O–H groups in total. The number of carbonyl (C=O) groups is 2. The van der Waals surface area contributed by atoms with Crippen molar-refractivity contribution in [3.05, 3.63) is 12.2 Å². The summed E-state index contributed by atoms with van der Waals surface area (Å²) in [7, 11) is 0. The van der Waals surface area contributed by atoms with Crippen LogP contribution in [0, 0.1) is 0 Å². The Labute approximate surface area is 81.6 Å². The van der Waals surface area contributed by atoms with Gasteiger partial charge in [0.1, 0.15) is 12.7 Å². The van der Waals surface area contributed by atoms with Crippen LogP contribution >= 0.6 is 0 Å². The lowest BCUT2D eigenvalue weighted by molar-refractivity contribution is -0.139. The summed E-state index contributed by atoms with van der Waals surface area (Å²) in [4.78, 5) is 21.4. The average molecular weight is 200 g/mol. The average Bonchev–Trinajstić information content (AvgIpc) is 2.51. The lowest BCUT2D eigenvalue weighted by atomic mass is 10.3. The number of carbonyl (C=O) groups excluding carboxylic acids is 2. The molecule has 14 heavy (non-hydrogen) atoms. The summed E-state index contributed by atoms with van der Waals surface area (Å²) < 4.78 is 14.1. The highest BCUT2D eigenvalue weighted by atomic mass is 16.8. The minimum absolute atomic E-state index is 0.201. The molecule has 1 unspecified atom stereocenters. The van der Waals surface area contributed by atoms with Crippen molar-refractivity contribution in [1.29, 1.82) is 0 Å². The van der Waals surface area contributed by atoms with E-state index in [2.05, 4.69) is 11.3 Å². The van der Waals surface area contributed by atoms with Crippen molar-refractivity contribution in [1.82, 2.24) is 0 Å². The largest absolute Gasteiger partial charge is 0.508 e. The van der Waals surface area contributed by atoms with Crippen molar-refractivity contribution in [3.8, 4) is 0 Å². The third-order valence-corrected chi connectivity index (χ3v) is 1.67. The Balaban J connectivity index is 2.13. The quantitative estimate of drug-likeness (QED) is 0.501. The van der Waals surface area contributed by atoms with Gasteiger partial charge in [0.25, 0.3) is 0 Å². The molecule has 1 fully saturated rings. The topological polar surface area (TPSA) is 61.8 Å². The van der Waals surface area contributed by atoms with Crippen LogP contribution in [0.4, 0.5) is 4.79 Å². The molecule has 1 aliphatic rings. The Bertz CT molecular complexity index is 258. The zero-order chi connectivity index (χ0) is 10.6. The minimum Gasteiger partial charge on any atom is -0.462 e. The summed E-state index contributed by atoms with van der Waals surface area (Å²) in [6.45, 7) is 5.43. The lowest BCUT2D eigenvalue weighted by Gasteiger charge is -2.06. The number of esters is 1. The molecule has 0 bridgehead atoms. The van der Waals surface area contributed by atoms with Crippen LogP contribution in [0.3, 0.4) is 0 Å². The number of rotatable bonds is 4. The van der Waals surface area contributed by atoms with Crippen LogP contribution in [-0.2, 0) is 19.0 Å². The fraction of sp³-hybridized carbons (Fsp3) is 0.556. The van der Waals surface area contributed by atoms with Crippen LogP contribution in [0.1, 0.15) is 13.3 Å². The van der Waals surface area contributed by atoms with Gasteiger partial charge in [0, 0.05) is 12.0 Å². The van der Waals surface area contributed by atoms with E-state index in [1.54, 1.807) is 6.92 Å². The summed E-state index contributed by atoms with van der Waals surface area (Å²) in [6, 6.07) is 0. The Hall–Kier alpha value is -1.52. The monoisotopic (exact) mass is 200 g/mol. The summed E-state index contributed by atoms with van der Waals surface area (Å²) in [5.74, 6) is -0.435. The predicted molar refractivity (Wildman–Crippen MR) is 46.6 cm³/mol. The maximum absolute atomic E-state index is 10.9. The van der Waals surface area contributed by atoms with Crippen LogP contribution in [-0.4, -0.2) is 31.4 Å². The molecule has 78 valence electrons. The Morgan fingerprint density at radius 2 is 2.43 bits per heavy atom. The first kappa shape index (κ1) is 10.6. The molecule has 1 saturated heterocycles. The van der Waals surface area contributed by atoms with Crippen LogP contribution in [0.15, 0.2) is 12.2 Å². The summed E-state index contributed by atoms with van der Waals surface area (Å²) in [5.41, 5.74) is 0.352. The van der Waals surface area contributed by atoms with E-state index in [0.717, 1.165) is 0 Å². The summed E-state index contributed by atoms with van der Waals surface area (Å²) in [5, 5.41) is 0. The van der Waals surface area contributed by atoms with Crippen molar-refractivity contribution in [2.45, 2.75) is 19.4 Å². The van der Waals surface area contributed by atoms with Gasteiger partial charge < -0.3 is 14.2 Å². The standard InChI is InChI=1S/C9H12O5/c1-6(2)8(10)12-4-3-7-5-13-9(11)14-7/h7H,1,3-5H2,2H3. The van der Waals surface area contributed by atoms with Crippen molar-refractivity contribution in [2.75, 3.05) is 13.2 Å². The normalized spacial score (nSPS) is 19.8. The summed E-state index contributed by atoms with van der Waals surface area (Å²) >= 11 is 0. The van der Waals surface area contributed by atoms with E-state index in [0.29, 0.717) is 12.0 Å². The Morgan fingerprint density at radius 3 is 2.93 bits per heavy atom. The van der Waals surface area contributed by atoms with Crippen LogP contribution in [0.25, 0.3) is 0 Å². The fourth-order valence-electron chi connectivity index (χ4n) is 0.914. The molecule has 5 nitrogen and oxygen atoms in total. The first-order chi connectivity index (χ1) is 6.59. The van der Waals surface area contributed by atoms with Gasteiger partial charge in [-0.2, -0.15) is 0 Å². The van der Waals surface area contributed by atoms with Gasteiger partial charge in [-0.25, -0.2) is 9.59 Å². The van der Waals surface area contributed by atoms with Crippen molar-refractivity contribution in [2.24, 2.45) is 0 Å². The third kappa shape index (κ3) is 3.08. The van der Waals surface area contributed by atoms with E-state index in [1.807, 2.05) is 0 Å². The van der Waals surface area contributed by atoms with Gasteiger partial charge in [-0.05, 0) is 6.92 Å². The number of hydrogen-bond acceptors (Lipinski definition) is 5. The SMILES string of the molecule is C=C(C)C(=O)OCCC1COC(=O)O1. The van der Waals surface area contributed by atoms with E-state index in [9.17, 15) is 9.59 Å². The second-order valence-corrected chi connectivity index (χ2v) is 3.01. The van der Waals surface area contributed by atoms with Crippen molar-refractivity contribution in [3.63, 3.8) is 0 Å².